The second-order valence-electron chi connectivity index (χ2n) is 5.28. The van der Waals surface area contributed by atoms with Gasteiger partial charge >= 0.3 is 0 Å². The zero-order valence-corrected chi connectivity index (χ0v) is 11.5. The fourth-order valence-electron chi connectivity index (χ4n) is 2.68. The van der Waals surface area contributed by atoms with Crippen LogP contribution in [0, 0.1) is 0 Å². The van der Waals surface area contributed by atoms with Crippen LogP contribution in [0.15, 0.2) is 35.9 Å². The van der Waals surface area contributed by atoms with E-state index in [9.17, 15) is 4.79 Å². The minimum atomic E-state index is -0.442. The molecule has 1 aliphatic carbocycles. The molecule has 0 radical (unpaired) electrons. The number of hydrogen-bond donors (Lipinski definition) is 2. The third kappa shape index (κ3) is 2.95. The number of hydrogen-bond acceptors (Lipinski definition) is 3. The van der Waals surface area contributed by atoms with Gasteiger partial charge < -0.3 is 15.4 Å². The van der Waals surface area contributed by atoms with Crippen molar-refractivity contribution in [3.8, 4) is 5.75 Å². The Morgan fingerprint density at radius 1 is 1.40 bits per heavy atom. The van der Waals surface area contributed by atoms with Crippen LogP contribution in [0.5, 0.6) is 5.75 Å². The molecular weight excluding hydrogens is 252 g/mol. The van der Waals surface area contributed by atoms with E-state index in [2.05, 4.69) is 16.7 Å². The highest BCUT2D eigenvalue weighted by atomic mass is 16.5. The lowest BCUT2D eigenvalue weighted by Gasteiger charge is -2.26. The number of ether oxygens (including phenoxy) is 1. The molecule has 1 unspecified atom stereocenters. The summed E-state index contributed by atoms with van der Waals surface area (Å²) in [5, 5.41) is 6.19. The summed E-state index contributed by atoms with van der Waals surface area (Å²) < 4.78 is 5.73. The van der Waals surface area contributed by atoms with Crippen molar-refractivity contribution in [2.24, 2.45) is 0 Å². The highest BCUT2D eigenvalue weighted by Gasteiger charge is 2.25. The van der Waals surface area contributed by atoms with Crippen molar-refractivity contribution in [2.45, 2.75) is 31.8 Å². The van der Waals surface area contributed by atoms with E-state index in [0.717, 1.165) is 17.9 Å². The lowest BCUT2D eigenvalue weighted by molar-refractivity contribution is -0.127. The molecule has 1 aromatic rings. The number of para-hydroxylation sites is 2. The first kappa shape index (κ1) is 13.0. The van der Waals surface area contributed by atoms with Crippen molar-refractivity contribution in [1.29, 1.82) is 0 Å². The number of carbonyl (C=O) groups is 1. The van der Waals surface area contributed by atoms with E-state index in [1.54, 1.807) is 0 Å². The van der Waals surface area contributed by atoms with Gasteiger partial charge in [-0.1, -0.05) is 23.8 Å². The smallest absolute Gasteiger partial charge is 0.262 e. The average molecular weight is 272 g/mol. The molecule has 4 nitrogen and oxygen atoms in total. The molecule has 0 aromatic heterocycles. The van der Waals surface area contributed by atoms with Crippen molar-refractivity contribution < 1.29 is 9.53 Å². The number of carbonyl (C=O) groups excluding carboxylic acids is 1. The van der Waals surface area contributed by atoms with Crippen LogP contribution in [0.3, 0.4) is 0 Å². The van der Waals surface area contributed by atoms with E-state index in [4.69, 9.17) is 4.74 Å². The maximum atomic E-state index is 12.1. The number of amides is 1. The van der Waals surface area contributed by atoms with Crippen LogP contribution >= 0.6 is 0 Å². The van der Waals surface area contributed by atoms with Gasteiger partial charge in [-0.05, 0) is 37.8 Å². The second kappa shape index (κ2) is 5.99. The van der Waals surface area contributed by atoms with Gasteiger partial charge in [-0.25, -0.2) is 0 Å². The van der Waals surface area contributed by atoms with Crippen molar-refractivity contribution in [3.05, 3.63) is 35.9 Å². The van der Waals surface area contributed by atoms with Crippen LogP contribution in [0.1, 0.15) is 25.7 Å². The maximum absolute atomic E-state index is 12.1. The van der Waals surface area contributed by atoms with Gasteiger partial charge in [0.2, 0.25) is 0 Å². The predicted molar refractivity (Wildman–Crippen MR) is 78.9 cm³/mol. The van der Waals surface area contributed by atoms with Crippen molar-refractivity contribution in [3.63, 3.8) is 0 Å². The number of allylic oxidation sites excluding steroid dienone is 1. The first-order valence-electron chi connectivity index (χ1n) is 7.28. The second-order valence-corrected chi connectivity index (χ2v) is 5.28. The van der Waals surface area contributed by atoms with E-state index in [-0.39, 0.29) is 5.91 Å². The molecule has 20 heavy (non-hydrogen) atoms. The van der Waals surface area contributed by atoms with Gasteiger partial charge in [0.1, 0.15) is 5.75 Å². The summed E-state index contributed by atoms with van der Waals surface area (Å²) in [6, 6.07) is 7.69. The molecule has 3 rings (SSSR count). The molecule has 1 heterocycles. The topological polar surface area (TPSA) is 50.4 Å². The summed E-state index contributed by atoms with van der Waals surface area (Å²) in [7, 11) is 0. The van der Waals surface area contributed by atoms with Gasteiger partial charge in [0.25, 0.3) is 5.91 Å². The summed E-state index contributed by atoms with van der Waals surface area (Å²) in [5.41, 5.74) is 2.42. The van der Waals surface area contributed by atoms with Gasteiger partial charge in [0.05, 0.1) is 12.2 Å². The quantitative estimate of drug-likeness (QED) is 0.828. The molecule has 1 aliphatic heterocycles. The van der Waals surface area contributed by atoms with Crippen LogP contribution in [-0.2, 0) is 4.79 Å². The average Bonchev–Trinajstić information content (AvgIpc) is 3.00. The van der Waals surface area contributed by atoms with Gasteiger partial charge in [0, 0.05) is 6.54 Å². The minimum Gasteiger partial charge on any atom is -0.477 e. The molecule has 0 saturated heterocycles. The van der Waals surface area contributed by atoms with Gasteiger partial charge in [-0.2, -0.15) is 0 Å². The van der Waals surface area contributed by atoms with E-state index < -0.39 is 6.10 Å². The monoisotopic (exact) mass is 272 g/mol. The normalized spacial score (nSPS) is 20.4. The van der Waals surface area contributed by atoms with Crippen molar-refractivity contribution in [2.75, 3.05) is 18.4 Å². The molecule has 1 amide bonds. The third-order valence-corrected chi connectivity index (χ3v) is 3.81. The number of fused-ring (bicyclic) bond motifs is 1. The van der Waals surface area contributed by atoms with Crippen LogP contribution in [0.4, 0.5) is 5.69 Å². The number of anilines is 1. The summed E-state index contributed by atoms with van der Waals surface area (Å²) in [5.74, 6) is 0.711. The molecule has 2 N–H and O–H groups in total. The van der Waals surface area contributed by atoms with E-state index >= 15 is 0 Å². The predicted octanol–water partition coefficient (Wildman–Crippen LogP) is 2.48. The molecule has 2 aliphatic rings. The summed E-state index contributed by atoms with van der Waals surface area (Å²) in [4.78, 5) is 12.1. The summed E-state index contributed by atoms with van der Waals surface area (Å²) in [6.07, 6.45) is 6.45. The zero-order chi connectivity index (χ0) is 13.8. The molecule has 0 bridgehead atoms. The Morgan fingerprint density at radius 2 is 2.30 bits per heavy atom. The van der Waals surface area contributed by atoms with E-state index in [1.807, 2.05) is 24.3 Å². The Morgan fingerprint density at radius 3 is 3.15 bits per heavy atom. The Bertz CT molecular complexity index is 525. The fraction of sp³-hybridized carbons (Fsp3) is 0.438. The standard InChI is InChI=1S/C16H20N2O2/c19-16(17-10-9-12-5-1-2-6-12)15-11-18-13-7-3-4-8-14(13)20-15/h3-5,7-8,15,18H,1-2,6,9-11H2,(H,17,19). The molecule has 0 spiro atoms. The van der Waals surface area contributed by atoms with Gasteiger partial charge in [-0.15, -0.1) is 0 Å². The molecule has 4 heteroatoms. The highest BCUT2D eigenvalue weighted by Crippen LogP contribution is 2.28. The number of benzene rings is 1. The number of rotatable bonds is 4. The van der Waals surface area contributed by atoms with E-state index in [0.29, 0.717) is 13.1 Å². The summed E-state index contributed by atoms with van der Waals surface area (Å²) in [6.45, 7) is 1.22. The lowest BCUT2D eigenvalue weighted by atomic mass is 10.1. The largest absolute Gasteiger partial charge is 0.477 e. The van der Waals surface area contributed by atoms with E-state index in [1.165, 1.54) is 24.8 Å². The lowest BCUT2D eigenvalue weighted by Crippen LogP contribution is -2.45. The molecule has 0 fully saturated rings. The Hall–Kier alpha value is -1.97. The SMILES string of the molecule is O=C(NCCC1=CCCC1)C1CNc2ccccc2O1. The van der Waals surface area contributed by atoms with Crippen LogP contribution < -0.4 is 15.4 Å². The molecule has 1 atom stereocenters. The summed E-state index contributed by atoms with van der Waals surface area (Å²) >= 11 is 0. The first-order chi connectivity index (χ1) is 9.83. The molecule has 1 aromatic carbocycles. The third-order valence-electron chi connectivity index (χ3n) is 3.81. The molecular formula is C16H20N2O2. The number of nitrogens with one attached hydrogen (secondary N) is 2. The van der Waals surface area contributed by atoms with Gasteiger partial charge in [-0.3, -0.25) is 4.79 Å². The van der Waals surface area contributed by atoms with Crippen LogP contribution in [0.25, 0.3) is 0 Å². The Labute approximate surface area is 119 Å². The first-order valence-corrected chi connectivity index (χ1v) is 7.28. The van der Waals surface area contributed by atoms with Crippen LogP contribution in [-0.4, -0.2) is 25.1 Å². The fourth-order valence-corrected chi connectivity index (χ4v) is 2.68. The van der Waals surface area contributed by atoms with Gasteiger partial charge in [0.15, 0.2) is 6.10 Å². The maximum Gasteiger partial charge on any atom is 0.262 e. The molecule has 0 saturated carbocycles. The van der Waals surface area contributed by atoms with Crippen LogP contribution in [0.2, 0.25) is 0 Å². The van der Waals surface area contributed by atoms with Crippen molar-refractivity contribution >= 4 is 11.6 Å². The van der Waals surface area contributed by atoms with Crippen molar-refractivity contribution in [1.82, 2.24) is 5.32 Å². The molecule has 106 valence electrons. The minimum absolute atomic E-state index is 0.0365. The Kier molecular flexibility index (Phi) is 3.90. The zero-order valence-electron chi connectivity index (χ0n) is 11.5. The Balaban J connectivity index is 1.48. The highest BCUT2D eigenvalue weighted by molar-refractivity contribution is 5.83.